The highest BCUT2D eigenvalue weighted by molar-refractivity contribution is 6.88. The lowest BCUT2D eigenvalue weighted by Crippen LogP contribution is -2.50. The smallest absolute Gasteiger partial charge is 0.0736 e. The third-order valence-corrected chi connectivity index (χ3v) is 9.25. The summed E-state index contributed by atoms with van der Waals surface area (Å²) in [6.45, 7) is 9.30. The van der Waals surface area contributed by atoms with Crippen molar-refractivity contribution in [1.82, 2.24) is 0 Å². The van der Waals surface area contributed by atoms with E-state index in [9.17, 15) is 0 Å². The van der Waals surface area contributed by atoms with Gasteiger partial charge >= 0.3 is 0 Å². The first-order valence-corrected chi connectivity index (χ1v) is 9.75. The second-order valence-electron chi connectivity index (χ2n) is 6.61. The Morgan fingerprint density at radius 1 is 0.727 bits per heavy atom. The molecule has 2 aromatic carbocycles. The van der Waals surface area contributed by atoms with Crippen molar-refractivity contribution in [3.63, 3.8) is 0 Å². The van der Waals surface area contributed by atoms with Gasteiger partial charge in [0, 0.05) is 5.04 Å². The Hall–Kier alpha value is -1.86. The summed E-state index contributed by atoms with van der Waals surface area (Å²) in [4.78, 5) is 0. The van der Waals surface area contributed by atoms with Crippen LogP contribution in [0.15, 0.2) is 83.5 Å². The minimum absolute atomic E-state index is 0.177. The van der Waals surface area contributed by atoms with Crippen LogP contribution in [0.25, 0.3) is 0 Å². The van der Waals surface area contributed by atoms with Crippen molar-refractivity contribution in [3.8, 4) is 0 Å². The summed E-state index contributed by atoms with van der Waals surface area (Å²) in [6, 6.07) is 22.2. The molecule has 0 nitrogen and oxygen atoms in total. The fraction of sp³-hybridized carbons (Fsp3) is 0.238. The lowest BCUT2D eigenvalue weighted by atomic mass is 10.0. The Kier molecular flexibility index (Phi) is 3.92. The maximum absolute atomic E-state index is 2.52. The fourth-order valence-corrected chi connectivity index (χ4v) is 7.89. The van der Waals surface area contributed by atoms with Gasteiger partial charge in [-0.25, -0.2) is 0 Å². The molecule has 1 heteroatoms. The molecular formula is C21H24Si. The van der Waals surface area contributed by atoms with Gasteiger partial charge in [0.15, 0.2) is 0 Å². The molecule has 3 rings (SSSR count). The molecule has 0 amide bonds. The molecule has 0 saturated carbocycles. The van der Waals surface area contributed by atoms with Gasteiger partial charge in [0.25, 0.3) is 0 Å². The molecule has 0 aromatic heterocycles. The van der Waals surface area contributed by atoms with E-state index in [2.05, 4.69) is 94.4 Å². The molecule has 1 atom stereocenters. The van der Waals surface area contributed by atoms with Gasteiger partial charge in [0.1, 0.15) is 8.80 Å². The van der Waals surface area contributed by atoms with Crippen molar-refractivity contribution in [2.24, 2.45) is 0 Å². The van der Waals surface area contributed by atoms with E-state index < -0.39 is 8.80 Å². The highest BCUT2D eigenvalue weighted by atomic mass is 28.3. The van der Waals surface area contributed by atoms with Gasteiger partial charge in [-0.1, -0.05) is 95.2 Å². The van der Waals surface area contributed by atoms with Gasteiger partial charge in [0.2, 0.25) is 0 Å². The summed E-state index contributed by atoms with van der Waals surface area (Å²) < 4.78 is 0. The van der Waals surface area contributed by atoms with Crippen molar-refractivity contribution in [1.29, 1.82) is 0 Å². The van der Waals surface area contributed by atoms with E-state index in [1.165, 1.54) is 21.5 Å². The van der Waals surface area contributed by atoms with Crippen LogP contribution in [0.1, 0.15) is 27.7 Å². The Morgan fingerprint density at radius 2 is 1.18 bits per heavy atom. The molecule has 0 N–H and O–H groups in total. The summed E-state index contributed by atoms with van der Waals surface area (Å²) in [7, 11) is -1.39. The van der Waals surface area contributed by atoms with Crippen molar-refractivity contribution in [2.75, 3.05) is 0 Å². The van der Waals surface area contributed by atoms with Crippen molar-refractivity contribution in [2.45, 2.75) is 32.7 Å². The highest BCUT2D eigenvalue weighted by Crippen LogP contribution is 2.48. The van der Waals surface area contributed by atoms with Crippen LogP contribution in [0.3, 0.4) is 0 Å². The molecule has 1 aliphatic carbocycles. The van der Waals surface area contributed by atoms with Crippen molar-refractivity contribution < 1.29 is 0 Å². The van der Waals surface area contributed by atoms with Gasteiger partial charge < -0.3 is 0 Å². The van der Waals surface area contributed by atoms with Crippen molar-refractivity contribution in [3.05, 3.63) is 83.5 Å². The Morgan fingerprint density at radius 3 is 1.55 bits per heavy atom. The Balaban J connectivity index is 2.20. The molecule has 112 valence electrons. The zero-order chi connectivity index (χ0) is 15.7. The van der Waals surface area contributed by atoms with Gasteiger partial charge in [-0.15, -0.1) is 0 Å². The van der Waals surface area contributed by atoms with Crippen LogP contribution in [0, 0.1) is 0 Å². The van der Waals surface area contributed by atoms with E-state index in [0.29, 0.717) is 0 Å². The summed E-state index contributed by atoms with van der Waals surface area (Å²) in [5.74, 6) is 0. The second-order valence-corrected chi connectivity index (χ2v) is 10.0. The molecule has 0 heterocycles. The maximum Gasteiger partial charge on any atom is 0.116 e. The second kappa shape index (κ2) is 5.73. The first kappa shape index (κ1) is 15.0. The zero-order valence-electron chi connectivity index (χ0n) is 13.9. The van der Waals surface area contributed by atoms with Crippen LogP contribution in [0.2, 0.25) is 5.04 Å². The predicted molar refractivity (Wildman–Crippen MR) is 99.8 cm³/mol. The Bertz CT molecular complexity index is 686. The number of rotatable bonds is 3. The number of hydrogen-bond acceptors (Lipinski definition) is 0. The van der Waals surface area contributed by atoms with Gasteiger partial charge in [-0.05, 0) is 26.3 Å². The molecule has 1 unspecified atom stereocenters. The van der Waals surface area contributed by atoms with Crippen LogP contribution >= 0.6 is 0 Å². The number of benzene rings is 2. The van der Waals surface area contributed by atoms with Gasteiger partial charge in [-0.3, -0.25) is 0 Å². The molecule has 2 aromatic rings. The fourth-order valence-electron chi connectivity index (χ4n) is 3.84. The molecule has 0 bridgehead atoms. The highest BCUT2D eigenvalue weighted by Gasteiger charge is 2.41. The van der Waals surface area contributed by atoms with Crippen LogP contribution < -0.4 is 10.4 Å². The molecule has 1 aliphatic rings. The average Bonchev–Trinajstić information content (AvgIpc) is 2.73. The maximum atomic E-state index is 2.52. The van der Waals surface area contributed by atoms with E-state index in [1.54, 1.807) is 5.57 Å². The van der Waals surface area contributed by atoms with Crippen LogP contribution in [-0.4, -0.2) is 8.80 Å². The predicted octanol–water partition coefficient (Wildman–Crippen LogP) is 4.08. The minimum atomic E-state index is -1.39. The van der Waals surface area contributed by atoms with E-state index in [-0.39, 0.29) is 5.04 Å². The van der Waals surface area contributed by atoms with E-state index in [4.69, 9.17) is 0 Å². The molecule has 22 heavy (non-hydrogen) atoms. The number of allylic oxidation sites excluding steroid dienone is 4. The third kappa shape index (κ3) is 2.40. The molecular weight excluding hydrogens is 280 g/mol. The molecule has 0 spiro atoms. The Labute approximate surface area is 135 Å². The molecule has 0 radical (unpaired) electrons. The standard InChI is InChI=1S/C21H24Si/c1-16-15-21(4,18(3)17(16)2)22(19-11-7-5-8-12-19)20-13-9-6-10-14-20/h5-15,22H,1-4H3. The first-order valence-electron chi connectivity index (χ1n) is 8.01. The van der Waals surface area contributed by atoms with Crippen molar-refractivity contribution >= 4 is 19.2 Å². The average molecular weight is 305 g/mol. The summed E-state index contributed by atoms with van der Waals surface area (Å²) in [6.07, 6.45) is 2.52. The summed E-state index contributed by atoms with van der Waals surface area (Å²) >= 11 is 0. The normalized spacial score (nSPS) is 21.4. The van der Waals surface area contributed by atoms with Gasteiger partial charge in [0.05, 0.1) is 0 Å². The molecule has 0 fully saturated rings. The summed E-state index contributed by atoms with van der Waals surface area (Å²) in [5.41, 5.74) is 4.48. The van der Waals surface area contributed by atoms with E-state index in [1.807, 2.05) is 0 Å². The largest absolute Gasteiger partial charge is 0.116 e. The topological polar surface area (TPSA) is 0 Å². The monoisotopic (exact) mass is 304 g/mol. The van der Waals surface area contributed by atoms with Gasteiger partial charge in [-0.2, -0.15) is 0 Å². The quantitative estimate of drug-likeness (QED) is 0.749. The zero-order valence-corrected chi connectivity index (χ0v) is 15.1. The SMILES string of the molecule is CC1=CC(C)([SiH](c2ccccc2)c2ccccc2)C(C)=C1C. The first-order chi connectivity index (χ1) is 10.5. The van der Waals surface area contributed by atoms with E-state index >= 15 is 0 Å². The van der Waals surface area contributed by atoms with Crippen LogP contribution in [0.5, 0.6) is 0 Å². The van der Waals surface area contributed by atoms with Crippen LogP contribution in [0.4, 0.5) is 0 Å². The third-order valence-electron chi connectivity index (χ3n) is 5.34. The van der Waals surface area contributed by atoms with Crippen LogP contribution in [-0.2, 0) is 0 Å². The molecule has 0 aliphatic heterocycles. The minimum Gasteiger partial charge on any atom is -0.0736 e. The summed E-state index contributed by atoms with van der Waals surface area (Å²) in [5, 5.41) is 3.22. The lowest BCUT2D eigenvalue weighted by Gasteiger charge is -2.34. The van der Waals surface area contributed by atoms with E-state index in [0.717, 1.165) is 0 Å². The lowest BCUT2D eigenvalue weighted by molar-refractivity contribution is 0.883. The molecule has 0 saturated heterocycles. The number of hydrogen-bond donors (Lipinski definition) is 0.